The summed E-state index contributed by atoms with van der Waals surface area (Å²) in [5, 5.41) is 8.58. The summed E-state index contributed by atoms with van der Waals surface area (Å²) >= 11 is 0. The first-order valence-electron chi connectivity index (χ1n) is 8.60. The summed E-state index contributed by atoms with van der Waals surface area (Å²) in [5.41, 5.74) is 2.99. The molecule has 1 heterocycles. The van der Waals surface area contributed by atoms with Crippen molar-refractivity contribution in [3.8, 4) is 11.1 Å². The number of carbonyl (C=O) groups excluding carboxylic acids is 2. The lowest BCUT2D eigenvalue weighted by atomic mass is 9.93. The van der Waals surface area contributed by atoms with Crippen molar-refractivity contribution >= 4 is 17.6 Å². The Labute approximate surface area is 147 Å². The molecular formula is C20H23N3O2. The molecule has 0 radical (unpaired) electrons. The Hall–Kier alpha value is -2.82. The van der Waals surface area contributed by atoms with Crippen molar-refractivity contribution in [3.05, 3.63) is 54.6 Å². The summed E-state index contributed by atoms with van der Waals surface area (Å²) in [4.78, 5) is 23.6. The van der Waals surface area contributed by atoms with Crippen LogP contribution in [0.3, 0.4) is 0 Å². The maximum atomic E-state index is 12.1. The van der Waals surface area contributed by atoms with Crippen LogP contribution in [0, 0.1) is 5.92 Å². The van der Waals surface area contributed by atoms with E-state index in [1.165, 1.54) is 0 Å². The normalized spacial score (nSPS) is 19.8. The Morgan fingerprint density at radius 2 is 1.76 bits per heavy atom. The predicted octanol–water partition coefficient (Wildman–Crippen LogP) is 3.39. The largest absolute Gasteiger partial charge is 0.354 e. The SMILES string of the molecule is CC1CC(CNC(=O)Nc2ccc(-c3ccccc3)cc2)CC(=O)N1. The van der Waals surface area contributed by atoms with Crippen LogP contribution < -0.4 is 16.0 Å². The third-order valence-corrected chi connectivity index (χ3v) is 4.37. The zero-order valence-corrected chi connectivity index (χ0v) is 14.3. The van der Waals surface area contributed by atoms with Crippen LogP contribution >= 0.6 is 0 Å². The summed E-state index contributed by atoms with van der Waals surface area (Å²) in [6.07, 6.45) is 1.36. The highest BCUT2D eigenvalue weighted by molar-refractivity contribution is 5.89. The molecule has 2 aromatic carbocycles. The molecule has 25 heavy (non-hydrogen) atoms. The number of rotatable bonds is 4. The molecule has 0 bridgehead atoms. The van der Waals surface area contributed by atoms with E-state index in [-0.39, 0.29) is 23.9 Å². The van der Waals surface area contributed by atoms with Crippen molar-refractivity contribution in [2.75, 3.05) is 11.9 Å². The number of hydrogen-bond donors (Lipinski definition) is 3. The molecule has 3 rings (SSSR count). The van der Waals surface area contributed by atoms with Gasteiger partial charge in [0.2, 0.25) is 5.91 Å². The van der Waals surface area contributed by atoms with Crippen LogP contribution in [0.5, 0.6) is 0 Å². The monoisotopic (exact) mass is 337 g/mol. The Balaban J connectivity index is 1.50. The van der Waals surface area contributed by atoms with Gasteiger partial charge < -0.3 is 16.0 Å². The van der Waals surface area contributed by atoms with Gasteiger partial charge in [-0.05, 0) is 42.5 Å². The molecule has 1 aliphatic rings. The van der Waals surface area contributed by atoms with Crippen LogP contribution in [0.1, 0.15) is 19.8 Å². The van der Waals surface area contributed by atoms with Crippen molar-refractivity contribution in [2.45, 2.75) is 25.8 Å². The van der Waals surface area contributed by atoms with Crippen molar-refractivity contribution in [1.82, 2.24) is 10.6 Å². The average molecular weight is 337 g/mol. The summed E-state index contributed by atoms with van der Waals surface area (Å²) in [6, 6.07) is 17.8. The molecule has 0 aliphatic carbocycles. The van der Waals surface area contributed by atoms with Gasteiger partial charge in [0.15, 0.2) is 0 Å². The Kier molecular flexibility index (Phi) is 5.33. The van der Waals surface area contributed by atoms with Crippen molar-refractivity contribution in [1.29, 1.82) is 0 Å². The van der Waals surface area contributed by atoms with Crippen LogP contribution in [-0.2, 0) is 4.79 Å². The molecule has 0 aromatic heterocycles. The maximum absolute atomic E-state index is 12.1. The fourth-order valence-electron chi connectivity index (χ4n) is 3.18. The zero-order valence-electron chi connectivity index (χ0n) is 14.3. The van der Waals surface area contributed by atoms with Crippen LogP contribution in [0.2, 0.25) is 0 Å². The highest BCUT2D eigenvalue weighted by atomic mass is 16.2. The molecule has 3 amide bonds. The van der Waals surface area contributed by atoms with Gasteiger partial charge in [0, 0.05) is 24.7 Å². The third-order valence-electron chi connectivity index (χ3n) is 4.37. The minimum atomic E-state index is -0.244. The molecule has 3 N–H and O–H groups in total. The van der Waals surface area contributed by atoms with Gasteiger partial charge >= 0.3 is 6.03 Å². The Morgan fingerprint density at radius 1 is 1.08 bits per heavy atom. The number of hydrogen-bond acceptors (Lipinski definition) is 2. The lowest BCUT2D eigenvalue weighted by Crippen LogP contribution is -2.44. The second-order valence-corrected chi connectivity index (χ2v) is 6.55. The smallest absolute Gasteiger partial charge is 0.319 e. The van der Waals surface area contributed by atoms with Crippen LogP contribution in [-0.4, -0.2) is 24.5 Å². The molecule has 2 aromatic rings. The first kappa shape index (κ1) is 17.0. The minimum Gasteiger partial charge on any atom is -0.354 e. The van der Waals surface area contributed by atoms with Gasteiger partial charge in [-0.3, -0.25) is 4.79 Å². The highest BCUT2D eigenvalue weighted by Gasteiger charge is 2.24. The van der Waals surface area contributed by atoms with Crippen molar-refractivity contribution < 1.29 is 9.59 Å². The van der Waals surface area contributed by atoms with Crippen LogP contribution in [0.25, 0.3) is 11.1 Å². The van der Waals surface area contributed by atoms with Crippen LogP contribution in [0.15, 0.2) is 54.6 Å². The molecule has 2 unspecified atom stereocenters. The van der Waals surface area contributed by atoms with Crippen molar-refractivity contribution in [3.63, 3.8) is 0 Å². The molecule has 5 nitrogen and oxygen atoms in total. The second-order valence-electron chi connectivity index (χ2n) is 6.55. The van der Waals surface area contributed by atoms with E-state index < -0.39 is 0 Å². The van der Waals surface area contributed by atoms with E-state index in [1.807, 2.05) is 49.4 Å². The zero-order chi connectivity index (χ0) is 17.6. The number of urea groups is 1. The fraction of sp³-hybridized carbons (Fsp3) is 0.300. The lowest BCUT2D eigenvalue weighted by Gasteiger charge is -2.27. The topological polar surface area (TPSA) is 70.2 Å². The number of anilines is 1. The third kappa shape index (κ3) is 4.83. The van der Waals surface area contributed by atoms with E-state index >= 15 is 0 Å². The fourth-order valence-corrected chi connectivity index (χ4v) is 3.18. The van der Waals surface area contributed by atoms with Gasteiger partial charge in [-0.1, -0.05) is 42.5 Å². The van der Waals surface area contributed by atoms with Gasteiger partial charge in [0.05, 0.1) is 0 Å². The first-order valence-corrected chi connectivity index (χ1v) is 8.60. The van der Waals surface area contributed by atoms with E-state index in [2.05, 4.69) is 28.1 Å². The number of benzene rings is 2. The molecule has 0 spiro atoms. The number of piperidine rings is 1. The minimum absolute atomic E-state index is 0.0578. The second kappa shape index (κ2) is 7.83. The van der Waals surface area contributed by atoms with E-state index in [0.29, 0.717) is 13.0 Å². The molecule has 1 aliphatic heterocycles. The molecular weight excluding hydrogens is 314 g/mol. The number of nitrogens with one attached hydrogen (secondary N) is 3. The standard InChI is InChI=1S/C20H23N3O2/c1-14-11-15(12-19(24)22-14)13-21-20(25)23-18-9-7-17(8-10-18)16-5-3-2-4-6-16/h2-10,14-15H,11-13H2,1H3,(H,22,24)(H2,21,23,25). The summed E-state index contributed by atoms with van der Waals surface area (Å²) in [5.74, 6) is 0.248. The van der Waals surface area contributed by atoms with Gasteiger partial charge in [-0.2, -0.15) is 0 Å². The Morgan fingerprint density at radius 3 is 2.44 bits per heavy atom. The predicted molar refractivity (Wildman–Crippen MR) is 99.2 cm³/mol. The molecule has 1 fully saturated rings. The maximum Gasteiger partial charge on any atom is 0.319 e. The van der Waals surface area contributed by atoms with Crippen LogP contribution in [0.4, 0.5) is 10.5 Å². The first-order chi connectivity index (χ1) is 12.1. The van der Waals surface area contributed by atoms with E-state index in [0.717, 1.165) is 23.2 Å². The average Bonchev–Trinajstić information content (AvgIpc) is 2.61. The van der Waals surface area contributed by atoms with E-state index in [1.54, 1.807) is 0 Å². The van der Waals surface area contributed by atoms with Gasteiger partial charge in [-0.25, -0.2) is 4.79 Å². The van der Waals surface area contributed by atoms with Gasteiger partial charge in [0.1, 0.15) is 0 Å². The summed E-state index contributed by atoms with van der Waals surface area (Å²) in [7, 11) is 0. The van der Waals surface area contributed by atoms with E-state index in [9.17, 15) is 9.59 Å². The molecule has 130 valence electrons. The number of carbonyl (C=O) groups is 2. The van der Waals surface area contributed by atoms with E-state index in [4.69, 9.17) is 0 Å². The van der Waals surface area contributed by atoms with Gasteiger partial charge in [-0.15, -0.1) is 0 Å². The molecule has 0 saturated carbocycles. The molecule has 5 heteroatoms. The quantitative estimate of drug-likeness (QED) is 0.800. The number of amides is 3. The Bertz CT molecular complexity index is 728. The summed E-state index contributed by atoms with van der Waals surface area (Å²) < 4.78 is 0. The summed E-state index contributed by atoms with van der Waals surface area (Å²) in [6.45, 7) is 2.49. The molecule has 1 saturated heterocycles. The van der Waals surface area contributed by atoms with Crippen molar-refractivity contribution in [2.24, 2.45) is 5.92 Å². The molecule has 2 atom stereocenters. The lowest BCUT2D eigenvalue weighted by molar-refractivity contribution is -0.124. The van der Waals surface area contributed by atoms with Gasteiger partial charge in [0.25, 0.3) is 0 Å². The highest BCUT2D eigenvalue weighted by Crippen LogP contribution is 2.21.